The van der Waals surface area contributed by atoms with Crippen molar-refractivity contribution < 1.29 is 9.53 Å². The van der Waals surface area contributed by atoms with Crippen LogP contribution in [-0.2, 0) is 16.1 Å². The molecule has 0 aliphatic heterocycles. The summed E-state index contributed by atoms with van der Waals surface area (Å²) >= 11 is 3.49. The van der Waals surface area contributed by atoms with E-state index in [-0.39, 0.29) is 11.9 Å². The molecule has 1 atom stereocenters. The Labute approximate surface area is 111 Å². The fraction of sp³-hybridized carbons (Fsp3) is 0.462. The van der Waals surface area contributed by atoms with Crippen molar-refractivity contribution in [3.63, 3.8) is 0 Å². The number of hydrogen-bond acceptors (Lipinski definition) is 3. The van der Waals surface area contributed by atoms with Gasteiger partial charge in [-0.15, -0.1) is 0 Å². The number of hydrogen-bond donors (Lipinski definition) is 1. The van der Waals surface area contributed by atoms with Gasteiger partial charge in [-0.05, 0) is 18.1 Å². The average Bonchev–Trinajstić information content (AvgIpc) is 2.36. The van der Waals surface area contributed by atoms with Crippen LogP contribution in [0.1, 0.15) is 18.9 Å². The first-order valence-corrected chi connectivity index (χ1v) is 6.50. The molecule has 0 bridgehead atoms. The van der Waals surface area contributed by atoms with Crippen molar-refractivity contribution in [3.05, 3.63) is 34.3 Å². The van der Waals surface area contributed by atoms with Crippen LogP contribution in [0.25, 0.3) is 0 Å². The zero-order valence-electron chi connectivity index (χ0n) is 10.2. The SMILES string of the molecule is CCC(CNCc1ccccc1Br)C(=O)OC. The minimum Gasteiger partial charge on any atom is -0.469 e. The van der Waals surface area contributed by atoms with E-state index < -0.39 is 0 Å². The van der Waals surface area contributed by atoms with Gasteiger partial charge >= 0.3 is 5.97 Å². The van der Waals surface area contributed by atoms with Crippen LogP contribution in [0.5, 0.6) is 0 Å². The summed E-state index contributed by atoms with van der Waals surface area (Å²) in [6.45, 7) is 3.38. The number of esters is 1. The molecule has 94 valence electrons. The van der Waals surface area contributed by atoms with Gasteiger partial charge in [0.15, 0.2) is 0 Å². The van der Waals surface area contributed by atoms with Gasteiger partial charge in [0.1, 0.15) is 0 Å². The summed E-state index contributed by atoms with van der Waals surface area (Å²) in [5, 5.41) is 3.28. The topological polar surface area (TPSA) is 38.3 Å². The first-order valence-electron chi connectivity index (χ1n) is 5.71. The maximum atomic E-state index is 11.4. The van der Waals surface area contributed by atoms with Gasteiger partial charge in [-0.25, -0.2) is 0 Å². The summed E-state index contributed by atoms with van der Waals surface area (Å²) in [7, 11) is 1.43. The number of carbonyl (C=O) groups is 1. The van der Waals surface area contributed by atoms with E-state index in [1.165, 1.54) is 12.7 Å². The normalized spacial score (nSPS) is 12.2. The Bertz CT molecular complexity index is 368. The number of carbonyl (C=O) groups excluding carboxylic acids is 1. The molecule has 1 aromatic carbocycles. The average molecular weight is 300 g/mol. The molecule has 0 spiro atoms. The van der Waals surface area contributed by atoms with Crippen molar-refractivity contribution in [3.8, 4) is 0 Å². The lowest BCUT2D eigenvalue weighted by molar-refractivity contribution is -0.145. The Kier molecular flexibility index (Phi) is 6.22. The van der Waals surface area contributed by atoms with Crippen LogP contribution in [0.15, 0.2) is 28.7 Å². The molecule has 1 unspecified atom stereocenters. The Morgan fingerprint density at radius 1 is 1.47 bits per heavy atom. The van der Waals surface area contributed by atoms with E-state index in [1.807, 2.05) is 25.1 Å². The van der Waals surface area contributed by atoms with Crippen molar-refractivity contribution >= 4 is 21.9 Å². The lowest BCUT2D eigenvalue weighted by atomic mass is 10.1. The summed E-state index contributed by atoms with van der Waals surface area (Å²) in [4.78, 5) is 11.4. The van der Waals surface area contributed by atoms with E-state index in [0.29, 0.717) is 6.54 Å². The van der Waals surface area contributed by atoms with Crippen molar-refractivity contribution in [2.24, 2.45) is 5.92 Å². The molecule has 0 aliphatic rings. The van der Waals surface area contributed by atoms with Gasteiger partial charge in [0.2, 0.25) is 0 Å². The second-order valence-corrected chi connectivity index (χ2v) is 4.70. The minimum absolute atomic E-state index is 0.0671. The Hall–Kier alpha value is -0.870. The summed E-state index contributed by atoms with van der Waals surface area (Å²) in [6, 6.07) is 8.04. The van der Waals surface area contributed by atoms with Crippen LogP contribution in [-0.4, -0.2) is 19.6 Å². The highest BCUT2D eigenvalue weighted by molar-refractivity contribution is 9.10. The first-order chi connectivity index (χ1) is 8.19. The second kappa shape index (κ2) is 7.45. The van der Waals surface area contributed by atoms with Gasteiger partial charge in [-0.3, -0.25) is 4.79 Å². The number of rotatable bonds is 6. The highest BCUT2D eigenvalue weighted by atomic mass is 79.9. The van der Waals surface area contributed by atoms with Crippen LogP contribution in [0.4, 0.5) is 0 Å². The molecule has 1 aromatic rings. The maximum absolute atomic E-state index is 11.4. The monoisotopic (exact) mass is 299 g/mol. The van der Waals surface area contributed by atoms with Gasteiger partial charge < -0.3 is 10.1 Å². The molecular weight excluding hydrogens is 282 g/mol. The zero-order valence-corrected chi connectivity index (χ0v) is 11.8. The molecule has 1 rings (SSSR count). The van der Waals surface area contributed by atoms with Gasteiger partial charge in [-0.2, -0.15) is 0 Å². The van der Waals surface area contributed by atoms with Crippen molar-refractivity contribution in [1.29, 1.82) is 0 Å². The highest BCUT2D eigenvalue weighted by Crippen LogP contribution is 2.15. The number of ether oxygens (including phenoxy) is 1. The van der Waals surface area contributed by atoms with E-state index in [9.17, 15) is 4.79 Å². The first kappa shape index (κ1) is 14.2. The largest absolute Gasteiger partial charge is 0.469 e. The fourth-order valence-electron chi connectivity index (χ4n) is 1.58. The third-order valence-corrected chi connectivity index (χ3v) is 3.46. The summed E-state index contributed by atoms with van der Waals surface area (Å²) in [5.41, 5.74) is 1.19. The Morgan fingerprint density at radius 2 is 2.18 bits per heavy atom. The number of halogens is 1. The van der Waals surface area contributed by atoms with E-state index in [2.05, 4.69) is 27.3 Å². The molecule has 0 aromatic heterocycles. The number of nitrogens with one attached hydrogen (secondary N) is 1. The van der Waals surface area contributed by atoms with Crippen LogP contribution < -0.4 is 5.32 Å². The van der Waals surface area contributed by atoms with Crippen molar-refractivity contribution in [1.82, 2.24) is 5.32 Å². The number of benzene rings is 1. The van der Waals surface area contributed by atoms with Gasteiger partial charge in [0.05, 0.1) is 13.0 Å². The van der Waals surface area contributed by atoms with Crippen molar-refractivity contribution in [2.45, 2.75) is 19.9 Å². The molecular formula is C13H18BrNO2. The molecule has 1 N–H and O–H groups in total. The quantitative estimate of drug-likeness (QED) is 0.821. The van der Waals surface area contributed by atoms with Crippen molar-refractivity contribution in [2.75, 3.05) is 13.7 Å². The summed E-state index contributed by atoms with van der Waals surface area (Å²) in [5.74, 6) is -0.213. The molecule has 0 aliphatic carbocycles. The summed E-state index contributed by atoms with van der Waals surface area (Å²) in [6.07, 6.45) is 0.787. The molecule has 0 amide bonds. The van der Waals surface area contributed by atoms with E-state index in [0.717, 1.165) is 17.4 Å². The second-order valence-electron chi connectivity index (χ2n) is 3.85. The van der Waals surface area contributed by atoms with Gasteiger partial charge in [-0.1, -0.05) is 41.1 Å². The van der Waals surface area contributed by atoms with E-state index in [4.69, 9.17) is 4.74 Å². The zero-order chi connectivity index (χ0) is 12.7. The standard InChI is InChI=1S/C13H18BrNO2/c1-3-10(13(16)17-2)8-15-9-11-6-4-5-7-12(11)14/h4-7,10,15H,3,8-9H2,1-2H3. The van der Waals surface area contributed by atoms with Crippen LogP contribution in [0.2, 0.25) is 0 Å². The van der Waals surface area contributed by atoms with E-state index >= 15 is 0 Å². The molecule has 3 nitrogen and oxygen atoms in total. The van der Waals surface area contributed by atoms with E-state index in [1.54, 1.807) is 0 Å². The molecule has 17 heavy (non-hydrogen) atoms. The minimum atomic E-state index is -0.146. The fourth-order valence-corrected chi connectivity index (χ4v) is 2.01. The van der Waals surface area contributed by atoms with Crippen LogP contribution in [0, 0.1) is 5.92 Å². The van der Waals surface area contributed by atoms with Crippen LogP contribution >= 0.6 is 15.9 Å². The molecule has 0 radical (unpaired) electrons. The van der Waals surface area contributed by atoms with Gasteiger partial charge in [0.25, 0.3) is 0 Å². The molecule has 0 heterocycles. The maximum Gasteiger partial charge on any atom is 0.309 e. The summed E-state index contributed by atoms with van der Waals surface area (Å²) < 4.78 is 5.82. The Morgan fingerprint density at radius 3 is 2.76 bits per heavy atom. The van der Waals surface area contributed by atoms with Gasteiger partial charge in [0, 0.05) is 17.6 Å². The van der Waals surface area contributed by atoms with Crippen LogP contribution in [0.3, 0.4) is 0 Å². The predicted molar refractivity (Wildman–Crippen MR) is 71.6 cm³/mol. The number of methoxy groups -OCH3 is 1. The molecule has 0 fully saturated rings. The third-order valence-electron chi connectivity index (χ3n) is 2.69. The third kappa shape index (κ3) is 4.48. The Balaban J connectivity index is 2.42. The lowest BCUT2D eigenvalue weighted by Crippen LogP contribution is -2.28. The highest BCUT2D eigenvalue weighted by Gasteiger charge is 2.16. The molecule has 4 heteroatoms. The predicted octanol–water partition coefficient (Wildman–Crippen LogP) is 2.74. The smallest absolute Gasteiger partial charge is 0.309 e. The molecule has 0 saturated carbocycles. The molecule has 0 saturated heterocycles. The lowest BCUT2D eigenvalue weighted by Gasteiger charge is -2.13.